The van der Waals surface area contributed by atoms with Crippen molar-refractivity contribution in [2.45, 2.75) is 13.0 Å². The first-order valence-corrected chi connectivity index (χ1v) is 9.02. The van der Waals surface area contributed by atoms with E-state index in [1.807, 2.05) is 0 Å². The molecular formula is C20H18FN7O2. The average molecular weight is 407 g/mol. The van der Waals surface area contributed by atoms with Crippen molar-refractivity contribution >= 4 is 28.6 Å². The monoisotopic (exact) mass is 407 g/mol. The first-order valence-electron chi connectivity index (χ1n) is 9.02. The van der Waals surface area contributed by atoms with Gasteiger partial charge in [-0.1, -0.05) is 18.2 Å². The largest absolute Gasteiger partial charge is 0.469 e. The second-order valence-corrected chi connectivity index (χ2v) is 6.52. The number of aromatic nitrogens is 5. The number of methoxy groups -OCH3 is 1. The lowest BCUT2D eigenvalue weighted by Crippen LogP contribution is -2.13. The van der Waals surface area contributed by atoms with Crippen molar-refractivity contribution in [3.05, 3.63) is 59.5 Å². The summed E-state index contributed by atoms with van der Waals surface area (Å²) in [6.45, 7) is 0.172. The number of benzene rings is 1. The number of pyridine rings is 1. The molecule has 30 heavy (non-hydrogen) atoms. The van der Waals surface area contributed by atoms with Crippen LogP contribution in [0.4, 0.5) is 16.0 Å². The van der Waals surface area contributed by atoms with Crippen molar-refractivity contribution in [3.63, 3.8) is 0 Å². The third kappa shape index (κ3) is 3.50. The summed E-state index contributed by atoms with van der Waals surface area (Å²) in [5, 5.41) is 5.21. The summed E-state index contributed by atoms with van der Waals surface area (Å²) in [7, 11) is 1.27. The molecule has 3 aromatic heterocycles. The standard InChI is InChI=1S/C20H18FN7O2/c1-30-15(29)9-13-17(22)25-19(26-18(13)23)16-12-6-4-8-24-20(12)28(27-16)10-11-5-2-3-7-14(11)21/h2-8H,9-10H2,1H3,(H4,22,23,25,26). The fourth-order valence-corrected chi connectivity index (χ4v) is 3.10. The Labute approximate surface area is 170 Å². The maximum absolute atomic E-state index is 14.1. The van der Waals surface area contributed by atoms with Crippen molar-refractivity contribution in [2.75, 3.05) is 18.6 Å². The van der Waals surface area contributed by atoms with Gasteiger partial charge < -0.3 is 16.2 Å². The average Bonchev–Trinajstić information content (AvgIpc) is 3.10. The zero-order valence-electron chi connectivity index (χ0n) is 16.0. The van der Waals surface area contributed by atoms with Gasteiger partial charge in [-0.2, -0.15) is 5.10 Å². The van der Waals surface area contributed by atoms with Crippen LogP contribution < -0.4 is 11.5 Å². The number of carbonyl (C=O) groups excluding carboxylic acids is 1. The Morgan fingerprint density at radius 1 is 1.13 bits per heavy atom. The fourth-order valence-electron chi connectivity index (χ4n) is 3.10. The molecule has 1 aromatic carbocycles. The van der Waals surface area contributed by atoms with Crippen LogP contribution in [0, 0.1) is 5.82 Å². The first kappa shape index (κ1) is 19.2. The van der Waals surface area contributed by atoms with E-state index in [2.05, 4.69) is 24.8 Å². The molecule has 0 aliphatic heterocycles. The highest BCUT2D eigenvalue weighted by molar-refractivity contribution is 5.90. The van der Waals surface area contributed by atoms with Crippen LogP contribution in [0.1, 0.15) is 11.1 Å². The summed E-state index contributed by atoms with van der Waals surface area (Å²) < 4.78 is 20.3. The van der Waals surface area contributed by atoms with E-state index in [0.29, 0.717) is 27.9 Å². The van der Waals surface area contributed by atoms with Crippen molar-refractivity contribution in [3.8, 4) is 11.5 Å². The molecule has 4 N–H and O–H groups in total. The summed E-state index contributed by atoms with van der Waals surface area (Å²) in [5.74, 6) is -0.541. The SMILES string of the molecule is COC(=O)Cc1c(N)nc(-c2nn(Cc3ccccc3F)c3ncccc23)nc1N. The molecule has 152 valence electrons. The zero-order valence-corrected chi connectivity index (χ0v) is 16.0. The number of halogens is 1. The predicted octanol–water partition coefficient (Wildman–Crippen LogP) is 1.96. The lowest BCUT2D eigenvalue weighted by atomic mass is 10.2. The minimum absolute atomic E-state index is 0.0589. The number of rotatable bonds is 5. The van der Waals surface area contributed by atoms with Gasteiger partial charge in [0.05, 0.1) is 25.5 Å². The molecule has 10 heteroatoms. The molecule has 0 bridgehead atoms. The number of nitrogen functional groups attached to an aromatic ring is 2. The number of anilines is 2. The molecule has 4 aromatic rings. The molecular weight excluding hydrogens is 389 g/mol. The molecule has 0 fully saturated rings. The Kier molecular flexibility index (Phi) is 4.97. The van der Waals surface area contributed by atoms with Crippen molar-refractivity contribution in [1.82, 2.24) is 24.7 Å². The van der Waals surface area contributed by atoms with Crippen LogP contribution in [-0.4, -0.2) is 37.8 Å². The number of carbonyl (C=O) groups is 1. The maximum Gasteiger partial charge on any atom is 0.310 e. The maximum atomic E-state index is 14.1. The predicted molar refractivity (Wildman–Crippen MR) is 109 cm³/mol. The molecule has 0 atom stereocenters. The molecule has 0 radical (unpaired) electrons. The van der Waals surface area contributed by atoms with Crippen LogP contribution in [0.25, 0.3) is 22.6 Å². The van der Waals surface area contributed by atoms with Gasteiger partial charge in [0, 0.05) is 17.3 Å². The molecule has 0 aliphatic rings. The summed E-state index contributed by atoms with van der Waals surface area (Å²) in [6, 6.07) is 10.0. The van der Waals surface area contributed by atoms with Gasteiger partial charge >= 0.3 is 5.97 Å². The minimum atomic E-state index is -0.506. The van der Waals surface area contributed by atoms with E-state index >= 15 is 0 Å². The number of ether oxygens (including phenoxy) is 1. The van der Waals surface area contributed by atoms with Gasteiger partial charge in [0.1, 0.15) is 23.1 Å². The van der Waals surface area contributed by atoms with Crippen LogP contribution in [-0.2, 0) is 22.5 Å². The molecule has 4 rings (SSSR count). The van der Waals surface area contributed by atoms with Gasteiger partial charge in [-0.05, 0) is 18.2 Å². The summed E-state index contributed by atoms with van der Waals surface area (Å²) in [4.78, 5) is 24.5. The third-order valence-corrected chi connectivity index (χ3v) is 4.62. The molecule has 0 saturated heterocycles. The highest BCUT2D eigenvalue weighted by atomic mass is 19.1. The summed E-state index contributed by atoms with van der Waals surface area (Å²) >= 11 is 0. The number of nitrogens with zero attached hydrogens (tertiary/aromatic N) is 5. The Hall–Kier alpha value is -4.08. The number of esters is 1. The second kappa shape index (κ2) is 7.74. The van der Waals surface area contributed by atoms with Crippen LogP contribution in [0.2, 0.25) is 0 Å². The fraction of sp³-hybridized carbons (Fsp3) is 0.150. The third-order valence-electron chi connectivity index (χ3n) is 4.62. The van der Waals surface area contributed by atoms with E-state index in [4.69, 9.17) is 11.5 Å². The lowest BCUT2D eigenvalue weighted by Gasteiger charge is -2.08. The molecule has 0 amide bonds. The smallest absolute Gasteiger partial charge is 0.310 e. The van der Waals surface area contributed by atoms with E-state index in [1.54, 1.807) is 41.2 Å². The van der Waals surface area contributed by atoms with E-state index in [9.17, 15) is 9.18 Å². The van der Waals surface area contributed by atoms with Crippen LogP contribution >= 0.6 is 0 Å². The van der Waals surface area contributed by atoms with E-state index < -0.39 is 5.97 Å². The topological polar surface area (TPSA) is 135 Å². The van der Waals surface area contributed by atoms with Gasteiger partial charge in [-0.25, -0.2) is 24.0 Å². The van der Waals surface area contributed by atoms with Gasteiger partial charge in [0.25, 0.3) is 0 Å². The van der Waals surface area contributed by atoms with E-state index in [1.165, 1.54) is 13.2 Å². The normalized spacial score (nSPS) is 11.0. The van der Waals surface area contributed by atoms with Gasteiger partial charge in [-0.15, -0.1) is 0 Å². The zero-order chi connectivity index (χ0) is 21.3. The van der Waals surface area contributed by atoms with Crippen molar-refractivity contribution in [2.24, 2.45) is 0 Å². The van der Waals surface area contributed by atoms with E-state index in [0.717, 1.165) is 0 Å². The van der Waals surface area contributed by atoms with Crippen LogP contribution in [0.3, 0.4) is 0 Å². The molecule has 0 spiro atoms. The van der Waals surface area contributed by atoms with Gasteiger partial charge in [0.15, 0.2) is 11.5 Å². The highest BCUT2D eigenvalue weighted by Crippen LogP contribution is 2.28. The molecule has 9 nitrogen and oxygen atoms in total. The molecule has 0 aliphatic carbocycles. The van der Waals surface area contributed by atoms with Crippen LogP contribution in [0.5, 0.6) is 0 Å². The van der Waals surface area contributed by atoms with Crippen LogP contribution in [0.15, 0.2) is 42.6 Å². The molecule has 0 unspecified atom stereocenters. The minimum Gasteiger partial charge on any atom is -0.469 e. The van der Waals surface area contributed by atoms with Gasteiger partial charge in [-0.3, -0.25) is 4.79 Å². The first-order chi connectivity index (χ1) is 14.5. The van der Waals surface area contributed by atoms with Crippen molar-refractivity contribution < 1.29 is 13.9 Å². The second-order valence-electron chi connectivity index (χ2n) is 6.52. The van der Waals surface area contributed by atoms with Gasteiger partial charge in [0.2, 0.25) is 0 Å². The molecule has 3 heterocycles. The quantitative estimate of drug-likeness (QED) is 0.479. The Morgan fingerprint density at radius 3 is 2.57 bits per heavy atom. The number of nitrogens with two attached hydrogens (primary N) is 2. The van der Waals surface area contributed by atoms with E-state index in [-0.39, 0.29) is 36.2 Å². The highest BCUT2D eigenvalue weighted by Gasteiger charge is 2.20. The lowest BCUT2D eigenvalue weighted by molar-refractivity contribution is -0.139. The summed E-state index contributed by atoms with van der Waals surface area (Å²) in [5.41, 5.74) is 13.7. The summed E-state index contributed by atoms with van der Waals surface area (Å²) in [6.07, 6.45) is 1.48. The Morgan fingerprint density at radius 2 is 1.87 bits per heavy atom. The number of hydrogen-bond donors (Lipinski definition) is 2. The Bertz CT molecular complexity index is 1230. The number of fused-ring (bicyclic) bond motifs is 1. The Balaban J connectivity index is 1.80. The molecule has 0 saturated carbocycles. The van der Waals surface area contributed by atoms with Crippen molar-refractivity contribution in [1.29, 1.82) is 0 Å². The number of hydrogen-bond acceptors (Lipinski definition) is 8.